The van der Waals surface area contributed by atoms with Gasteiger partial charge in [-0.15, -0.1) is 0 Å². The molecule has 0 unspecified atom stereocenters. The van der Waals surface area contributed by atoms with E-state index in [0.29, 0.717) is 39.3 Å². The molecule has 22 nitrogen and oxygen atoms in total. The third kappa shape index (κ3) is 234. The summed E-state index contributed by atoms with van der Waals surface area (Å²) in [5.41, 5.74) is 2.72. The van der Waals surface area contributed by atoms with Gasteiger partial charge in [0.1, 0.15) is 6.79 Å². The highest BCUT2D eigenvalue weighted by molar-refractivity contribution is 8.19. The molecule has 0 radical (unpaired) electrons. The Morgan fingerprint density at radius 3 is 0.776 bits per heavy atom. The summed E-state index contributed by atoms with van der Waals surface area (Å²) in [4.78, 5) is 75.2. The molecule has 0 aromatic rings. The number of carbonyl (C=O) groups excluding carboxylic acids is 7. The van der Waals surface area contributed by atoms with E-state index in [4.69, 9.17) is 19.0 Å². The number of imide groups is 2. The number of hydroxylamine groups is 1. The first-order valence-corrected chi connectivity index (χ1v) is 45.9. The molecule has 0 aromatic heterocycles. The van der Waals surface area contributed by atoms with Crippen LogP contribution in [0.2, 0.25) is 0 Å². The number of carbonyl (C=O) groups is 7. The summed E-state index contributed by atoms with van der Waals surface area (Å²) in [5, 5.41) is 22.4. The Morgan fingerprint density at radius 2 is 0.664 bits per heavy atom. The largest absolute Gasteiger partial charge is 0.466 e. The number of thioether (sulfide) groups is 2. The van der Waals surface area contributed by atoms with Gasteiger partial charge in [-0.05, 0) is 19.3 Å². The molecule has 107 heavy (non-hydrogen) atoms. The number of rotatable bonds is 0. The van der Waals surface area contributed by atoms with Gasteiger partial charge in [0.05, 0.1) is 46.4 Å². The average Bonchev–Trinajstić information content (AvgIpc) is 1.86. The summed E-state index contributed by atoms with van der Waals surface area (Å²) < 4.78 is 23.3. The Balaban J connectivity index is -0.0000000354. The molecule has 24 heteroatoms. The van der Waals surface area contributed by atoms with E-state index < -0.39 is 0 Å². The number of cyclic esters (lactones) is 2. The Morgan fingerprint density at radius 1 is 0.308 bits per heavy atom. The smallest absolute Gasteiger partial charge is 0.407 e. The van der Waals surface area contributed by atoms with Crippen molar-refractivity contribution >= 4 is 65.2 Å². The van der Waals surface area contributed by atoms with Gasteiger partial charge in [-0.25, -0.2) is 15.1 Å². The van der Waals surface area contributed by atoms with Gasteiger partial charge in [-0.2, -0.15) is 23.5 Å². The zero-order chi connectivity index (χ0) is 89.7. The van der Waals surface area contributed by atoms with E-state index >= 15 is 0 Å². The van der Waals surface area contributed by atoms with Crippen molar-refractivity contribution in [3.8, 4) is 0 Å². The van der Waals surface area contributed by atoms with Gasteiger partial charge in [-0.1, -0.05) is 337 Å². The number of amides is 7. The first kappa shape index (κ1) is 164. The quantitative estimate of drug-likeness (QED) is 0.0805. The molecule has 9 N–H and O–H groups in total. The lowest BCUT2D eigenvalue weighted by molar-refractivity contribution is -0.138. The molecule has 10 aliphatic heterocycles. The summed E-state index contributed by atoms with van der Waals surface area (Å²) in [5.74, 6) is 1.76. The second-order valence-corrected chi connectivity index (χ2v) is 16.1. The number of nitrogens with one attached hydrogen (secondary N) is 9. The number of hydrogen-bond acceptors (Lipinski definition) is 19. The van der Waals surface area contributed by atoms with Crippen LogP contribution in [0.3, 0.4) is 0 Å². The van der Waals surface area contributed by atoms with Crippen LogP contribution in [0.5, 0.6) is 0 Å². The topological polar surface area (TPSA) is 283 Å². The monoisotopic (exact) mass is 1600 g/mol. The van der Waals surface area contributed by atoms with Crippen LogP contribution in [0.1, 0.15) is 375 Å². The van der Waals surface area contributed by atoms with E-state index in [9.17, 15) is 33.6 Å². The molecule has 11 rings (SSSR count). The lowest BCUT2D eigenvalue weighted by Crippen LogP contribution is -2.31. The van der Waals surface area contributed by atoms with Crippen molar-refractivity contribution in [3.05, 3.63) is 12.2 Å². The first-order chi connectivity index (χ1) is 52.8. The van der Waals surface area contributed by atoms with Gasteiger partial charge in [0.2, 0.25) is 11.8 Å². The molecule has 1 aliphatic carbocycles. The second kappa shape index (κ2) is 239. The fraction of sp³-hybridized carbons (Fsp3) is 0.892. The van der Waals surface area contributed by atoms with Crippen LogP contribution in [-0.2, 0) is 52.5 Å². The SMILES string of the molecule is C1CCCC1.C1CNCN1.C1CNOC1.C1COCN1.C1COCO1.C1CSCS1.CC.CC.CC.CC.CC.CC.CC.CC.CC.CC.CC.CC.CC.CC.CC.CC.CC.CC.CC.CC.CC.CC.O=C1C=CC(=O)N1.O=C1CCC(=O)N1.O=C1CCCO1.O=C1NCCCO1.O=C1NCCN1. The minimum absolute atomic E-state index is 0.0463. The van der Waals surface area contributed by atoms with Crippen LogP contribution >= 0.6 is 23.5 Å². The minimum Gasteiger partial charge on any atom is -0.466 e. The van der Waals surface area contributed by atoms with Crippen molar-refractivity contribution in [2.45, 2.75) is 375 Å². The highest BCUT2D eigenvalue weighted by Crippen LogP contribution is 2.20. The van der Waals surface area contributed by atoms with Crippen molar-refractivity contribution in [1.29, 1.82) is 0 Å². The minimum atomic E-state index is -0.329. The molecular weight excluding hydrogens is 1400 g/mol. The molecular formula is C83H203N9O13S2. The average molecular weight is 1600 g/mol. The van der Waals surface area contributed by atoms with Crippen LogP contribution in [0, 0.1) is 0 Å². The molecule has 1 saturated carbocycles. The zero-order valence-corrected chi connectivity index (χ0v) is 82.1. The van der Waals surface area contributed by atoms with Crippen LogP contribution in [0.25, 0.3) is 0 Å². The van der Waals surface area contributed by atoms with Gasteiger partial charge < -0.3 is 55.1 Å². The Bertz CT molecular complexity index is 1090. The maximum absolute atomic E-state index is 10.1. The molecule has 0 spiro atoms. The standard InChI is InChI=1S/C5H10.C4H7NO2.C4H5NO2.C4H3NO2.C4H6O2.C3H6N2O.C3H8N2.2C3H7NO.C3H6O2.C3H6S2.22C2H6/c1-2-4-5-3-1;6-4-5-2-1-3-7-4;2*6-3-1-2-4(7)5-3;5-4-2-1-3-6-4;6-3-4-1-2-5-3;2*1-2-5-3-4-1;1-2-4-5-3-1;2*1-2-5-3-4-1;22*1-2/h1-5H2;1-3H2,(H,5,6);1-2H2,(H,5,6,7);1-2H,(H,5,6,7);1-3H2;1-2H2,(H2,4,5,6);4-5H,1-3H2;2*4H,1-3H2;2*1-3H2;22*1-2H3. The Hall–Kier alpha value is -3.59. The Kier molecular flexibility index (Phi) is 365. The van der Waals surface area contributed by atoms with E-state index in [-0.39, 0.29) is 41.7 Å². The third-order valence-electron chi connectivity index (χ3n) is 8.11. The van der Waals surface area contributed by atoms with E-state index in [2.05, 4.69) is 52.2 Å². The van der Waals surface area contributed by atoms with Gasteiger partial charge in [0, 0.05) is 100 Å². The molecule has 0 bridgehead atoms. The van der Waals surface area contributed by atoms with Crippen molar-refractivity contribution in [3.63, 3.8) is 0 Å². The summed E-state index contributed by atoms with van der Waals surface area (Å²) in [6.07, 6.45) is 14.0. The van der Waals surface area contributed by atoms with Crippen molar-refractivity contribution in [2.75, 3.05) is 122 Å². The molecule has 0 atom stereocenters. The highest BCUT2D eigenvalue weighted by Gasteiger charge is 2.16. The predicted octanol–water partition coefficient (Wildman–Crippen LogP) is 22.9. The number of urea groups is 1. The molecule has 10 fully saturated rings. The fourth-order valence-corrected chi connectivity index (χ4v) is 7.23. The molecule has 10 heterocycles. The van der Waals surface area contributed by atoms with Crippen molar-refractivity contribution < 1.29 is 62.1 Å². The summed E-state index contributed by atoms with van der Waals surface area (Å²) in [7, 11) is 0. The van der Waals surface area contributed by atoms with E-state index in [1.54, 1.807) is 0 Å². The zero-order valence-electron chi connectivity index (χ0n) is 80.5. The molecule has 9 saturated heterocycles. The maximum Gasteiger partial charge on any atom is 0.407 e. The van der Waals surface area contributed by atoms with Crippen LogP contribution in [0.4, 0.5) is 9.59 Å². The summed E-state index contributed by atoms with van der Waals surface area (Å²) in [6.45, 7) is 101. The van der Waals surface area contributed by atoms with Gasteiger partial charge in [0.15, 0.2) is 0 Å². The van der Waals surface area contributed by atoms with E-state index in [1.807, 2.05) is 333 Å². The fourth-order valence-electron chi connectivity index (χ4n) is 4.87. The van der Waals surface area contributed by atoms with Gasteiger partial charge in [-0.3, -0.25) is 39.9 Å². The maximum atomic E-state index is 10.1. The predicted molar refractivity (Wildman–Crippen MR) is 488 cm³/mol. The second-order valence-electron chi connectivity index (χ2n) is 13.5. The lowest BCUT2D eigenvalue weighted by atomic mass is 10.4. The number of ether oxygens (including phenoxy) is 5. The lowest BCUT2D eigenvalue weighted by Gasteiger charge is -2.10. The van der Waals surface area contributed by atoms with E-state index in [1.165, 1.54) is 67.3 Å². The van der Waals surface area contributed by atoms with E-state index in [0.717, 1.165) is 98.5 Å². The summed E-state index contributed by atoms with van der Waals surface area (Å²) >= 11 is 4.07. The normalized spacial score (nSPS) is 14.0. The molecule has 11 aliphatic rings. The van der Waals surface area contributed by atoms with Crippen molar-refractivity contribution in [1.82, 2.24) is 48.0 Å². The van der Waals surface area contributed by atoms with Crippen LogP contribution in [-0.4, -0.2) is 164 Å². The highest BCUT2D eigenvalue weighted by atomic mass is 32.2. The van der Waals surface area contributed by atoms with Crippen LogP contribution in [0.15, 0.2) is 12.2 Å². The first-order valence-electron chi connectivity index (χ1n) is 43.6. The third-order valence-corrected chi connectivity index (χ3v) is 10.7. The number of esters is 1. The van der Waals surface area contributed by atoms with Gasteiger partial charge >= 0.3 is 18.1 Å². The molecule has 670 valence electrons. The molecule has 7 amide bonds. The van der Waals surface area contributed by atoms with Crippen LogP contribution < -0.4 is 48.0 Å². The Labute approximate surface area is 681 Å². The number of alkyl carbamates (subject to hydrolysis) is 1. The summed E-state index contributed by atoms with van der Waals surface area (Å²) in [6, 6.07) is -0.0463. The van der Waals surface area contributed by atoms with Crippen molar-refractivity contribution in [2.24, 2.45) is 0 Å². The van der Waals surface area contributed by atoms with Gasteiger partial charge in [0.25, 0.3) is 11.8 Å². The number of hydrogen-bond donors (Lipinski definition) is 9. The molecule has 0 aromatic carbocycles.